The highest BCUT2D eigenvalue weighted by Gasteiger charge is 2.28. The van der Waals surface area contributed by atoms with Crippen molar-refractivity contribution in [3.05, 3.63) is 64.7 Å². The third-order valence-corrected chi connectivity index (χ3v) is 5.78. The minimum atomic E-state index is 0.0175. The lowest BCUT2D eigenvalue weighted by molar-refractivity contribution is 0.0682. The van der Waals surface area contributed by atoms with E-state index in [0.29, 0.717) is 11.7 Å². The SMILES string of the molecule is Cc1ccc2c(C)c(C(=O)N3CCC(c4ccncc4)CC3)oc2c1C. The van der Waals surface area contributed by atoms with E-state index < -0.39 is 0 Å². The molecule has 0 spiro atoms. The second-order valence-corrected chi connectivity index (χ2v) is 7.29. The molecule has 0 bridgehead atoms. The van der Waals surface area contributed by atoms with Crippen molar-refractivity contribution in [3.63, 3.8) is 0 Å². The number of nitrogens with zero attached hydrogens (tertiary/aromatic N) is 2. The van der Waals surface area contributed by atoms with Crippen LogP contribution in [0.5, 0.6) is 0 Å². The first-order valence-corrected chi connectivity index (χ1v) is 9.24. The Morgan fingerprint density at radius 2 is 1.73 bits per heavy atom. The molecule has 0 atom stereocenters. The molecule has 0 saturated carbocycles. The second-order valence-electron chi connectivity index (χ2n) is 7.29. The summed E-state index contributed by atoms with van der Waals surface area (Å²) in [7, 11) is 0. The smallest absolute Gasteiger partial charge is 0.289 e. The predicted octanol–water partition coefficient (Wildman–Crippen LogP) is 4.77. The molecule has 3 heterocycles. The zero-order valence-electron chi connectivity index (χ0n) is 15.6. The Labute approximate surface area is 153 Å². The van der Waals surface area contributed by atoms with Crippen molar-refractivity contribution in [2.45, 2.75) is 39.5 Å². The van der Waals surface area contributed by atoms with E-state index in [9.17, 15) is 4.79 Å². The largest absolute Gasteiger partial charge is 0.450 e. The van der Waals surface area contributed by atoms with Gasteiger partial charge in [-0.3, -0.25) is 9.78 Å². The molecule has 0 radical (unpaired) electrons. The van der Waals surface area contributed by atoms with Crippen LogP contribution in [0.3, 0.4) is 0 Å². The van der Waals surface area contributed by atoms with Crippen molar-refractivity contribution in [1.29, 1.82) is 0 Å². The average Bonchev–Trinajstić information content (AvgIpc) is 3.02. The maximum Gasteiger partial charge on any atom is 0.289 e. The summed E-state index contributed by atoms with van der Waals surface area (Å²) >= 11 is 0. The Hall–Kier alpha value is -2.62. The van der Waals surface area contributed by atoms with E-state index in [4.69, 9.17) is 4.42 Å². The van der Waals surface area contributed by atoms with Gasteiger partial charge in [0.25, 0.3) is 5.91 Å². The van der Waals surface area contributed by atoms with Gasteiger partial charge >= 0.3 is 0 Å². The first-order chi connectivity index (χ1) is 12.6. The van der Waals surface area contributed by atoms with Crippen molar-refractivity contribution in [2.75, 3.05) is 13.1 Å². The molecule has 4 rings (SSSR count). The summed E-state index contributed by atoms with van der Waals surface area (Å²) in [6.07, 6.45) is 5.64. The van der Waals surface area contributed by atoms with Crippen molar-refractivity contribution in [2.24, 2.45) is 0 Å². The molecule has 0 unspecified atom stereocenters. The molecule has 134 valence electrons. The third kappa shape index (κ3) is 2.79. The number of amides is 1. The highest BCUT2D eigenvalue weighted by molar-refractivity contribution is 5.99. The molecule has 4 nitrogen and oxygen atoms in total. The summed E-state index contributed by atoms with van der Waals surface area (Å²) in [5.41, 5.74) is 5.41. The van der Waals surface area contributed by atoms with Gasteiger partial charge in [0.1, 0.15) is 5.58 Å². The van der Waals surface area contributed by atoms with Crippen molar-refractivity contribution >= 4 is 16.9 Å². The number of carbonyl (C=O) groups is 1. The van der Waals surface area contributed by atoms with E-state index in [-0.39, 0.29) is 5.91 Å². The van der Waals surface area contributed by atoms with Crippen LogP contribution < -0.4 is 0 Å². The summed E-state index contributed by atoms with van der Waals surface area (Å²) in [4.78, 5) is 19.1. The third-order valence-electron chi connectivity index (χ3n) is 5.78. The molecule has 0 aliphatic carbocycles. The number of furan rings is 1. The maximum atomic E-state index is 13.1. The first kappa shape index (κ1) is 16.8. The van der Waals surface area contributed by atoms with Gasteiger partial charge in [0.05, 0.1) is 0 Å². The van der Waals surface area contributed by atoms with Gasteiger partial charge < -0.3 is 9.32 Å². The fourth-order valence-corrected chi connectivity index (χ4v) is 3.92. The lowest BCUT2D eigenvalue weighted by atomic mass is 9.90. The number of likely N-dealkylation sites (tertiary alicyclic amines) is 1. The number of hydrogen-bond donors (Lipinski definition) is 0. The van der Waals surface area contributed by atoms with Crippen LogP contribution >= 0.6 is 0 Å². The Bertz CT molecular complexity index is 951. The normalized spacial score (nSPS) is 15.6. The van der Waals surface area contributed by atoms with Gasteiger partial charge in [0, 0.05) is 36.4 Å². The molecule has 4 heteroatoms. The molecule has 1 aliphatic heterocycles. The summed E-state index contributed by atoms with van der Waals surface area (Å²) in [5.74, 6) is 1.02. The average molecular weight is 348 g/mol. The number of rotatable bonds is 2. The van der Waals surface area contributed by atoms with Crippen LogP contribution in [0.25, 0.3) is 11.0 Å². The quantitative estimate of drug-likeness (QED) is 0.670. The Morgan fingerprint density at radius 1 is 1.04 bits per heavy atom. The van der Waals surface area contributed by atoms with E-state index in [0.717, 1.165) is 48.0 Å². The van der Waals surface area contributed by atoms with Crippen LogP contribution in [0.15, 0.2) is 41.1 Å². The number of aromatic nitrogens is 1. The van der Waals surface area contributed by atoms with Crippen molar-refractivity contribution < 1.29 is 9.21 Å². The van der Waals surface area contributed by atoms with Gasteiger partial charge in [-0.15, -0.1) is 0 Å². The van der Waals surface area contributed by atoms with E-state index in [2.05, 4.69) is 43.1 Å². The summed E-state index contributed by atoms with van der Waals surface area (Å²) in [6, 6.07) is 8.31. The Morgan fingerprint density at radius 3 is 2.42 bits per heavy atom. The van der Waals surface area contributed by atoms with Crippen LogP contribution in [-0.2, 0) is 0 Å². The number of hydrogen-bond acceptors (Lipinski definition) is 3. The monoisotopic (exact) mass is 348 g/mol. The molecule has 1 aromatic carbocycles. The van der Waals surface area contributed by atoms with E-state index in [1.54, 1.807) is 0 Å². The lowest BCUT2D eigenvalue weighted by Gasteiger charge is -2.31. The Balaban J connectivity index is 1.55. The topological polar surface area (TPSA) is 46.3 Å². The van der Waals surface area contributed by atoms with E-state index >= 15 is 0 Å². The standard InChI is InChI=1S/C22H24N2O2/c1-14-4-5-19-16(3)21(26-20(19)15(14)2)22(25)24-12-8-18(9-13-24)17-6-10-23-11-7-17/h4-7,10-11,18H,8-9,12-13H2,1-3H3. The molecule has 1 saturated heterocycles. The molecule has 1 fully saturated rings. The Kier molecular flexibility index (Phi) is 4.27. The minimum Gasteiger partial charge on any atom is -0.450 e. The molecule has 3 aromatic rings. The summed E-state index contributed by atoms with van der Waals surface area (Å²) in [6.45, 7) is 7.63. The molecular formula is C22H24N2O2. The van der Waals surface area contributed by atoms with Gasteiger partial charge in [0.15, 0.2) is 5.76 Å². The van der Waals surface area contributed by atoms with Crippen LogP contribution in [0.4, 0.5) is 0 Å². The number of pyridine rings is 1. The number of carbonyl (C=O) groups excluding carboxylic acids is 1. The van der Waals surface area contributed by atoms with E-state index in [1.807, 2.05) is 24.2 Å². The molecule has 0 N–H and O–H groups in total. The van der Waals surface area contributed by atoms with Gasteiger partial charge in [-0.2, -0.15) is 0 Å². The maximum absolute atomic E-state index is 13.1. The predicted molar refractivity (Wildman–Crippen MR) is 103 cm³/mol. The molecule has 2 aromatic heterocycles. The zero-order chi connectivity index (χ0) is 18.3. The van der Waals surface area contributed by atoms with Crippen molar-refractivity contribution in [3.8, 4) is 0 Å². The summed E-state index contributed by atoms with van der Waals surface area (Å²) < 4.78 is 6.04. The van der Waals surface area contributed by atoms with Crippen LogP contribution in [0.2, 0.25) is 0 Å². The number of fused-ring (bicyclic) bond motifs is 1. The second kappa shape index (κ2) is 6.60. The number of benzene rings is 1. The highest BCUT2D eigenvalue weighted by Crippen LogP contribution is 2.32. The fraction of sp³-hybridized carbons (Fsp3) is 0.364. The van der Waals surface area contributed by atoms with E-state index in [1.165, 1.54) is 11.1 Å². The molecule has 1 amide bonds. The van der Waals surface area contributed by atoms with Gasteiger partial charge in [-0.25, -0.2) is 0 Å². The summed E-state index contributed by atoms with van der Waals surface area (Å²) in [5, 5.41) is 1.04. The molecule has 26 heavy (non-hydrogen) atoms. The highest BCUT2D eigenvalue weighted by atomic mass is 16.3. The van der Waals surface area contributed by atoms with Gasteiger partial charge in [-0.1, -0.05) is 12.1 Å². The number of aryl methyl sites for hydroxylation is 3. The lowest BCUT2D eigenvalue weighted by Crippen LogP contribution is -2.38. The number of piperidine rings is 1. The van der Waals surface area contributed by atoms with Gasteiger partial charge in [0.2, 0.25) is 0 Å². The van der Waals surface area contributed by atoms with Crippen LogP contribution in [0.1, 0.15) is 51.6 Å². The molecular weight excluding hydrogens is 324 g/mol. The zero-order valence-corrected chi connectivity index (χ0v) is 15.6. The first-order valence-electron chi connectivity index (χ1n) is 9.24. The molecule has 1 aliphatic rings. The van der Waals surface area contributed by atoms with Crippen LogP contribution in [0, 0.1) is 20.8 Å². The minimum absolute atomic E-state index is 0.0175. The van der Waals surface area contributed by atoms with Crippen molar-refractivity contribution in [1.82, 2.24) is 9.88 Å². The van der Waals surface area contributed by atoms with Gasteiger partial charge in [-0.05, 0) is 68.4 Å². The van der Waals surface area contributed by atoms with Crippen LogP contribution in [-0.4, -0.2) is 28.9 Å². The fourth-order valence-electron chi connectivity index (χ4n) is 3.92.